The average Bonchev–Trinajstić information content (AvgIpc) is 2.74. The van der Waals surface area contributed by atoms with Gasteiger partial charge in [0.1, 0.15) is 17.1 Å². The number of halogens is 1. The first-order valence-corrected chi connectivity index (χ1v) is 10.2. The lowest BCUT2D eigenvalue weighted by atomic mass is 9.78. The molecule has 0 amide bonds. The molecule has 2 aliphatic rings. The van der Waals surface area contributed by atoms with Crippen LogP contribution >= 0.6 is 15.9 Å². The molecule has 2 aliphatic heterocycles. The van der Waals surface area contributed by atoms with E-state index in [4.69, 9.17) is 13.9 Å². The standard InChI is InChI=1S/C24H15BrO4/c25-15-11-9-14(10-12-15)24-13-18(16-5-1-4-8-20(16)28-24)21-22(29-24)17-6-2-3-7-19(17)27-23(21)26/h1-12,18H,13H2/t18-,24-/m0/s1. The predicted octanol–water partition coefficient (Wildman–Crippen LogP) is 5.72. The normalized spacial score (nSPS) is 21.6. The summed E-state index contributed by atoms with van der Waals surface area (Å²) in [4.78, 5) is 13.0. The number of fused-ring (bicyclic) bond motifs is 8. The minimum atomic E-state index is -1.01. The van der Waals surface area contributed by atoms with Gasteiger partial charge in [-0.25, -0.2) is 4.79 Å². The molecule has 0 saturated heterocycles. The Bertz CT molecular complexity index is 1330. The molecule has 0 saturated carbocycles. The van der Waals surface area contributed by atoms with Crippen molar-refractivity contribution in [2.75, 3.05) is 0 Å². The van der Waals surface area contributed by atoms with E-state index in [1.807, 2.05) is 66.7 Å². The molecule has 5 heteroatoms. The van der Waals surface area contributed by atoms with E-state index in [-0.39, 0.29) is 11.5 Å². The van der Waals surface area contributed by atoms with Crippen LogP contribution in [0.4, 0.5) is 0 Å². The van der Waals surface area contributed by atoms with Gasteiger partial charge in [0.15, 0.2) is 0 Å². The fourth-order valence-electron chi connectivity index (χ4n) is 4.43. The highest BCUT2D eigenvalue weighted by Gasteiger charge is 2.51. The third-order valence-electron chi connectivity index (χ3n) is 5.74. The Kier molecular flexibility index (Phi) is 3.47. The van der Waals surface area contributed by atoms with Gasteiger partial charge in [-0.2, -0.15) is 0 Å². The Labute approximate surface area is 174 Å². The van der Waals surface area contributed by atoms with Gasteiger partial charge in [-0.3, -0.25) is 0 Å². The number of ether oxygens (including phenoxy) is 2. The molecule has 3 heterocycles. The molecule has 3 aromatic carbocycles. The van der Waals surface area contributed by atoms with E-state index >= 15 is 0 Å². The summed E-state index contributed by atoms with van der Waals surface area (Å²) in [6.45, 7) is 0. The molecular formula is C24H15BrO4. The number of para-hydroxylation sites is 2. The molecule has 0 radical (unpaired) electrons. The van der Waals surface area contributed by atoms with Crippen molar-refractivity contribution in [3.63, 3.8) is 0 Å². The first-order chi connectivity index (χ1) is 14.1. The van der Waals surface area contributed by atoms with Crippen molar-refractivity contribution in [3.05, 3.63) is 104 Å². The fourth-order valence-corrected chi connectivity index (χ4v) is 4.69. The Hall–Kier alpha value is -3.05. The zero-order valence-electron chi connectivity index (χ0n) is 15.2. The summed E-state index contributed by atoms with van der Waals surface area (Å²) in [5.74, 6) is 0.0899. The molecule has 2 bridgehead atoms. The minimum Gasteiger partial charge on any atom is -0.448 e. The third kappa shape index (κ3) is 2.40. The molecule has 4 nitrogen and oxygen atoms in total. The van der Waals surface area contributed by atoms with Crippen molar-refractivity contribution in [3.8, 4) is 11.5 Å². The molecule has 0 aliphatic carbocycles. The van der Waals surface area contributed by atoms with Crippen LogP contribution in [0.3, 0.4) is 0 Å². The lowest BCUT2D eigenvalue weighted by Crippen LogP contribution is -2.48. The molecule has 0 fully saturated rings. The molecule has 2 atom stereocenters. The van der Waals surface area contributed by atoms with Crippen molar-refractivity contribution in [2.45, 2.75) is 18.1 Å². The van der Waals surface area contributed by atoms with E-state index in [9.17, 15) is 4.79 Å². The monoisotopic (exact) mass is 446 g/mol. The Balaban J connectivity index is 1.69. The van der Waals surface area contributed by atoms with Gasteiger partial charge >= 0.3 is 5.63 Å². The van der Waals surface area contributed by atoms with Gasteiger partial charge in [0.05, 0.1) is 10.9 Å². The van der Waals surface area contributed by atoms with E-state index in [0.717, 1.165) is 26.7 Å². The molecular weight excluding hydrogens is 432 g/mol. The molecule has 29 heavy (non-hydrogen) atoms. The summed E-state index contributed by atoms with van der Waals surface area (Å²) in [6.07, 6.45) is 0.502. The van der Waals surface area contributed by atoms with Crippen molar-refractivity contribution in [1.82, 2.24) is 0 Å². The maximum absolute atomic E-state index is 13.0. The molecule has 6 rings (SSSR count). The maximum Gasteiger partial charge on any atom is 0.343 e. The summed E-state index contributed by atoms with van der Waals surface area (Å²) in [6, 6.07) is 23.2. The van der Waals surface area contributed by atoms with Crippen LogP contribution in [0.5, 0.6) is 11.5 Å². The Morgan fingerprint density at radius 2 is 1.66 bits per heavy atom. The molecule has 4 aromatic rings. The SMILES string of the molecule is O=c1oc2ccccc2c2c1[C@H]1C[C@](c3ccc(Br)cc3)(Oc3ccccc31)O2. The number of benzene rings is 3. The second-order valence-corrected chi connectivity index (χ2v) is 8.30. The molecule has 142 valence electrons. The van der Waals surface area contributed by atoms with E-state index in [1.165, 1.54) is 0 Å². The van der Waals surface area contributed by atoms with Crippen LogP contribution < -0.4 is 15.1 Å². The highest BCUT2D eigenvalue weighted by Crippen LogP contribution is 2.55. The smallest absolute Gasteiger partial charge is 0.343 e. The topological polar surface area (TPSA) is 48.7 Å². The van der Waals surface area contributed by atoms with Gasteiger partial charge in [0.2, 0.25) is 0 Å². The zero-order chi connectivity index (χ0) is 19.6. The van der Waals surface area contributed by atoms with Gasteiger partial charge in [0, 0.05) is 27.9 Å². The van der Waals surface area contributed by atoms with Gasteiger partial charge in [0.25, 0.3) is 5.79 Å². The van der Waals surface area contributed by atoms with Crippen LogP contribution in [0, 0.1) is 0 Å². The summed E-state index contributed by atoms with van der Waals surface area (Å²) in [7, 11) is 0. The van der Waals surface area contributed by atoms with E-state index in [2.05, 4.69) is 15.9 Å². The minimum absolute atomic E-state index is 0.173. The van der Waals surface area contributed by atoms with E-state index in [1.54, 1.807) is 6.07 Å². The van der Waals surface area contributed by atoms with E-state index < -0.39 is 5.79 Å². The van der Waals surface area contributed by atoms with Crippen LogP contribution in [0.15, 0.2) is 86.5 Å². The average molecular weight is 447 g/mol. The summed E-state index contributed by atoms with van der Waals surface area (Å²) >= 11 is 3.49. The van der Waals surface area contributed by atoms with Crippen molar-refractivity contribution in [1.29, 1.82) is 0 Å². The van der Waals surface area contributed by atoms with Crippen molar-refractivity contribution >= 4 is 26.9 Å². The first kappa shape index (κ1) is 16.9. The number of rotatable bonds is 1. The van der Waals surface area contributed by atoms with Crippen LogP contribution in [0.1, 0.15) is 29.0 Å². The largest absolute Gasteiger partial charge is 0.448 e. The van der Waals surface area contributed by atoms with Gasteiger partial charge in [-0.05, 0) is 30.3 Å². The van der Waals surface area contributed by atoms with Crippen LogP contribution in [0.2, 0.25) is 0 Å². The van der Waals surface area contributed by atoms with Crippen LogP contribution in [-0.2, 0) is 5.79 Å². The van der Waals surface area contributed by atoms with Gasteiger partial charge < -0.3 is 13.9 Å². The molecule has 0 unspecified atom stereocenters. The summed E-state index contributed by atoms with van der Waals surface area (Å²) < 4.78 is 19.7. The maximum atomic E-state index is 13.0. The highest BCUT2D eigenvalue weighted by molar-refractivity contribution is 9.10. The summed E-state index contributed by atoms with van der Waals surface area (Å²) in [5, 5.41) is 0.774. The van der Waals surface area contributed by atoms with Crippen molar-refractivity contribution in [2.24, 2.45) is 0 Å². The Morgan fingerprint density at radius 3 is 2.52 bits per heavy atom. The van der Waals surface area contributed by atoms with Gasteiger partial charge in [-0.1, -0.05) is 58.4 Å². The quantitative estimate of drug-likeness (QED) is 0.351. The second kappa shape index (κ2) is 5.97. The fraction of sp³-hybridized carbons (Fsp3) is 0.125. The lowest BCUT2D eigenvalue weighted by Gasteiger charge is -2.46. The highest BCUT2D eigenvalue weighted by atomic mass is 79.9. The molecule has 0 spiro atoms. The molecule has 1 aromatic heterocycles. The molecule has 0 N–H and O–H groups in total. The number of hydrogen-bond donors (Lipinski definition) is 0. The van der Waals surface area contributed by atoms with E-state index in [0.29, 0.717) is 23.3 Å². The van der Waals surface area contributed by atoms with Crippen LogP contribution in [0.25, 0.3) is 11.0 Å². The second-order valence-electron chi connectivity index (χ2n) is 7.39. The summed E-state index contributed by atoms with van der Waals surface area (Å²) in [5.41, 5.74) is 2.60. The Morgan fingerprint density at radius 1 is 0.897 bits per heavy atom. The zero-order valence-corrected chi connectivity index (χ0v) is 16.8. The predicted molar refractivity (Wildman–Crippen MR) is 112 cm³/mol. The lowest BCUT2D eigenvalue weighted by molar-refractivity contribution is -0.148. The first-order valence-electron chi connectivity index (χ1n) is 9.43. The van der Waals surface area contributed by atoms with Crippen molar-refractivity contribution < 1.29 is 13.9 Å². The van der Waals surface area contributed by atoms with Gasteiger partial charge in [-0.15, -0.1) is 0 Å². The van der Waals surface area contributed by atoms with Crippen LogP contribution in [-0.4, -0.2) is 0 Å². The number of hydrogen-bond acceptors (Lipinski definition) is 4. The third-order valence-corrected chi connectivity index (χ3v) is 6.27.